The van der Waals surface area contributed by atoms with Crippen molar-refractivity contribution in [3.05, 3.63) is 41.4 Å². The first kappa shape index (κ1) is 23.0. The molecule has 1 spiro atoms. The van der Waals surface area contributed by atoms with Crippen molar-refractivity contribution in [3.63, 3.8) is 0 Å². The van der Waals surface area contributed by atoms with Crippen molar-refractivity contribution >= 4 is 29.2 Å². The predicted molar refractivity (Wildman–Crippen MR) is 131 cm³/mol. The van der Waals surface area contributed by atoms with E-state index >= 15 is 0 Å². The van der Waals surface area contributed by atoms with Crippen LogP contribution in [0.4, 0.5) is 5.69 Å². The van der Waals surface area contributed by atoms with Gasteiger partial charge in [0.1, 0.15) is 0 Å². The molecule has 1 unspecified atom stereocenters. The van der Waals surface area contributed by atoms with Crippen LogP contribution in [0.25, 0.3) is 0 Å². The van der Waals surface area contributed by atoms with E-state index in [0.29, 0.717) is 29.9 Å². The average Bonchev–Trinajstić information content (AvgIpc) is 3.13. The summed E-state index contributed by atoms with van der Waals surface area (Å²) in [4.78, 5) is 26.3. The number of carbonyl (C=O) groups is 2. The molecule has 1 N–H and O–H groups in total. The van der Waals surface area contributed by atoms with Gasteiger partial charge in [-0.3, -0.25) is 9.59 Å². The first-order valence-corrected chi connectivity index (χ1v) is 12.8. The predicted octanol–water partition coefficient (Wildman–Crippen LogP) is 6.65. The molecule has 1 amide bonds. The van der Waals surface area contributed by atoms with E-state index in [1.54, 1.807) is 12.1 Å². The quantitative estimate of drug-likeness (QED) is 0.389. The Morgan fingerprint density at radius 3 is 2.45 bits per heavy atom. The minimum absolute atomic E-state index is 0.00597. The van der Waals surface area contributed by atoms with E-state index in [9.17, 15) is 9.59 Å². The third kappa shape index (κ3) is 3.31. The molecule has 33 heavy (non-hydrogen) atoms. The summed E-state index contributed by atoms with van der Waals surface area (Å²) >= 11 is 6.02. The summed E-state index contributed by atoms with van der Waals surface area (Å²) in [6.45, 7) is 9.95. The lowest BCUT2D eigenvalue weighted by Crippen LogP contribution is -2.64. The Morgan fingerprint density at radius 1 is 1.06 bits per heavy atom. The van der Waals surface area contributed by atoms with Gasteiger partial charge in [0, 0.05) is 22.0 Å². The number of hydrogen-bond donors (Lipinski definition) is 1. The van der Waals surface area contributed by atoms with E-state index in [-0.39, 0.29) is 34.0 Å². The lowest BCUT2D eigenvalue weighted by Gasteiger charge is -2.68. The molecule has 5 rings (SSSR count). The smallest absolute Gasteiger partial charge is 0.306 e. The fourth-order valence-electron chi connectivity index (χ4n) is 8.71. The second-order valence-electron chi connectivity index (χ2n) is 12.1. The molecule has 1 aromatic carbocycles. The summed E-state index contributed by atoms with van der Waals surface area (Å²) in [6.07, 6.45) is 10.2. The maximum absolute atomic E-state index is 13.7. The van der Waals surface area contributed by atoms with E-state index in [0.717, 1.165) is 37.8 Å². The summed E-state index contributed by atoms with van der Waals surface area (Å²) in [5.41, 5.74) is 0.509. The molecule has 6 atom stereocenters. The lowest BCUT2D eigenvalue weighted by molar-refractivity contribution is -0.196. The third-order valence-electron chi connectivity index (χ3n) is 10.2. The molecule has 3 aliphatic carbocycles. The van der Waals surface area contributed by atoms with Crippen molar-refractivity contribution < 1.29 is 14.3 Å². The number of hydrogen-bond acceptors (Lipinski definition) is 3. The number of halogens is 1. The fraction of sp³-hybridized carbons (Fsp3) is 0.643. The summed E-state index contributed by atoms with van der Waals surface area (Å²) < 4.78 is 5.67. The molecule has 4 nitrogen and oxygen atoms in total. The Labute approximate surface area is 202 Å². The van der Waals surface area contributed by atoms with Crippen LogP contribution in [0.1, 0.15) is 66.2 Å². The van der Waals surface area contributed by atoms with Gasteiger partial charge in [0.05, 0.1) is 13.0 Å². The molecular formula is C28H36ClNO3. The summed E-state index contributed by atoms with van der Waals surface area (Å²) in [7, 11) is 0. The van der Waals surface area contributed by atoms with E-state index < -0.39 is 5.41 Å². The van der Waals surface area contributed by atoms with Crippen molar-refractivity contribution in [2.75, 3.05) is 11.9 Å². The number of fused-ring (bicyclic) bond motifs is 4. The van der Waals surface area contributed by atoms with Gasteiger partial charge < -0.3 is 10.1 Å². The zero-order valence-corrected chi connectivity index (χ0v) is 21.0. The standard InChI is InChI=1S/C28H36ClNO3/c1-25(2)13-5-14-26(3)21(25)12-15-27(4)22(26)11-10-20(28(27)16-23(31)33-17-28)24(32)30-19-8-6-18(29)7-9-19/h5-9,13,20-22H,10-12,14-17H2,1-4H3,(H,30,32)/t20-,21?,22-,26+,27-,28+/m1/s1. The van der Waals surface area contributed by atoms with Gasteiger partial charge >= 0.3 is 5.97 Å². The van der Waals surface area contributed by atoms with E-state index in [1.165, 1.54) is 0 Å². The van der Waals surface area contributed by atoms with Crippen LogP contribution < -0.4 is 5.32 Å². The molecule has 3 fully saturated rings. The zero-order chi connectivity index (χ0) is 23.6. The molecule has 4 aliphatic rings. The first-order valence-electron chi connectivity index (χ1n) is 12.4. The van der Waals surface area contributed by atoms with Crippen molar-refractivity contribution in [2.24, 2.45) is 39.4 Å². The zero-order valence-electron chi connectivity index (χ0n) is 20.2. The molecule has 5 heteroatoms. The molecule has 2 saturated carbocycles. The number of nitrogens with one attached hydrogen (secondary N) is 1. The number of benzene rings is 1. The normalized spacial score (nSPS) is 41.2. The summed E-state index contributed by atoms with van der Waals surface area (Å²) in [5, 5.41) is 3.76. The van der Waals surface area contributed by atoms with Crippen molar-refractivity contribution in [1.82, 2.24) is 0 Å². The first-order chi connectivity index (χ1) is 15.5. The number of amides is 1. The van der Waals surface area contributed by atoms with Crippen LogP contribution in [0, 0.1) is 39.4 Å². The molecule has 0 radical (unpaired) electrons. The largest absolute Gasteiger partial charge is 0.465 e. The van der Waals surface area contributed by atoms with Crippen LogP contribution in [0.3, 0.4) is 0 Å². The maximum Gasteiger partial charge on any atom is 0.306 e. The van der Waals surface area contributed by atoms with Gasteiger partial charge in [-0.2, -0.15) is 0 Å². The third-order valence-corrected chi connectivity index (χ3v) is 10.5. The van der Waals surface area contributed by atoms with Crippen LogP contribution in [-0.2, 0) is 14.3 Å². The topological polar surface area (TPSA) is 55.4 Å². The molecule has 1 aromatic rings. The SMILES string of the molecule is CC1(C)C=CC[C@@]2(C)C1CC[C@]1(C)[C@@H]2CC[C@H](C(=O)Nc2ccc(Cl)cc2)[C@]12COC(=O)C2. The Kier molecular flexibility index (Phi) is 5.28. The Hall–Kier alpha value is -1.81. The number of carbonyl (C=O) groups excluding carboxylic acids is 2. The van der Waals surface area contributed by atoms with Crippen molar-refractivity contribution in [3.8, 4) is 0 Å². The van der Waals surface area contributed by atoms with Gasteiger partial charge in [0.2, 0.25) is 5.91 Å². The number of esters is 1. The van der Waals surface area contributed by atoms with Gasteiger partial charge in [0.25, 0.3) is 0 Å². The second-order valence-corrected chi connectivity index (χ2v) is 12.6. The van der Waals surface area contributed by atoms with Crippen molar-refractivity contribution in [1.29, 1.82) is 0 Å². The van der Waals surface area contributed by atoms with Gasteiger partial charge in [-0.15, -0.1) is 0 Å². The fourth-order valence-corrected chi connectivity index (χ4v) is 8.84. The number of ether oxygens (including phenoxy) is 1. The van der Waals surface area contributed by atoms with Crippen LogP contribution in [0.15, 0.2) is 36.4 Å². The highest BCUT2D eigenvalue weighted by atomic mass is 35.5. The highest BCUT2D eigenvalue weighted by molar-refractivity contribution is 6.30. The minimum Gasteiger partial charge on any atom is -0.465 e. The van der Waals surface area contributed by atoms with E-state index in [1.807, 2.05) is 12.1 Å². The Morgan fingerprint density at radius 2 is 1.79 bits per heavy atom. The van der Waals surface area contributed by atoms with Gasteiger partial charge in [-0.25, -0.2) is 0 Å². The van der Waals surface area contributed by atoms with Gasteiger partial charge in [0.15, 0.2) is 0 Å². The molecule has 1 aliphatic heterocycles. The van der Waals surface area contributed by atoms with Crippen LogP contribution in [0.5, 0.6) is 0 Å². The number of cyclic esters (lactones) is 1. The molecule has 1 saturated heterocycles. The highest BCUT2D eigenvalue weighted by Crippen LogP contribution is 2.72. The second kappa shape index (κ2) is 7.60. The summed E-state index contributed by atoms with van der Waals surface area (Å²) in [5.74, 6) is 0.682. The van der Waals surface area contributed by atoms with Crippen LogP contribution in [0.2, 0.25) is 5.02 Å². The van der Waals surface area contributed by atoms with Gasteiger partial charge in [-0.1, -0.05) is 51.4 Å². The van der Waals surface area contributed by atoms with Gasteiger partial charge in [-0.05, 0) is 84.5 Å². The molecule has 1 heterocycles. The van der Waals surface area contributed by atoms with Crippen molar-refractivity contribution in [2.45, 2.75) is 66.2 Å². The Bertz CT molecular complexity index is 1000. The number of allylic oxidation sites excluding steroid dienone is 2. The Balaban J connectivity index is 1.52. The highest BCUT2D eigenvalue weighted by Gasteiger charge is 2.69. The van der Waals surface area contributed by atoms with E-state index in [4.69, 9.17) is 16.3 Å². The summed E-state index contributed by atoms with van der Waals surface area (Å²) in [6, 6.07) is 7.24. The average molecular weight is 470 g/mol. The molecular weight excluding hydrogens is 434 g/mol. The minimum atomic E-state index is -0.456. The van der Waals surface area contributed by atoms with Crippen LogP contribution >= 0.6 is 11.6 Å². The lowest BCUT2D eigenvalue weighted by atomic mass is 9.36. The molecule has 0 aromatic heterocycles. The molecule has 0 bridgehead atoms. The number of rotatable bonds is 2. The van der Waals surface area contributed by atoms with Crippen LogP contribution in [-0.4, -0.2) is 18.5 Å². The monoisotopic (exact) mass is 469 g/mol. The maximum atomic E-state index is 13.7. The molecule has 178 valence electrons. The number of anilines is 1. The van der Waals surface area contributed by atoms with E-state index in [2.05, 4.69) is 45.2 Å².